The monoisotopic (exact) mass is 1280 g/mol. The fourth-order valence-electron chi connectivity index (χ4n) is 9.84. The van der Waals surface area contributed by atoms with Crippen LogP contribution < -0.4 is 10.8 Å². The molecule has 4 aromatic carbocycles. The number of carbonyl (C=O) groups excluding carboxylic acids is 1. The molecule has 2 aliphatic rings. The van der Waals surface area contributed by atoms with Crippen molar-refractivity contribution in [2.45, 2.75) is 104 Å². The average molecular weight is 1280 g/mol. The van der Waals surface area contributed by atoms with Crippen molar-refractivity contribution in [1.82, 2.24) is 59.7 Å². The van der Waals surface area contributed by atoms with E-state index in [1.54, 1.807) is 53.4 Å². The number of nitrogens with zero attached hydrogens (tertiary/aromatic N) is 10. The van der Waals surface area contributed by atoms with Crippen molar-refractivity contribution in [2.75, 3.05) is 33.8 Å². The molecule has 0 spiro atoms. The highest BCUT2D eigenvalue weighted by atomic mass is 79.9. The molecule has 0 saturated carbocycles. The number of rotatable bonds is 13. The summed E-state index contributed by atoms with van der Waals surface area (Å²) in [6.07, 6.45) is 17.3. The van der Waals surface area contributed by atoms with E-state index >= 15 is 0 Å². The summed E-state index contributed by atoms with van der Waals surface area (Å²) < 4.78 is 58.9. The molecule has 2 aliphatic heterocycles. The maximum Gasteiger partial charge on any atom is 0.498 e. The Balaban J connectivity index is 0.000000146. The number of hydrogen-bond donors (Lipinski definition) is 2. The van der Waals surface area contributed by atoms with Crippen LogP contribution in [0.5, 0.6) is 0 Å². The van der Waals surface area contributed by atoms with Crippen molar-refractivity contribution in [1.29, 1.82) is 0 Å². The van der Waals surface area contributed by atoms with Gasteiger partial charge in [0.15, 0.2) is 0 Å². The highest BCUT2D eigenvalue weighted by Gasteiger charge is 2.52. The highest BCUT2D eigenvalue weighted by Crippen LogP contribution is 2.40. The summed E-state index contributed by atoms with van der Waals surface area (Å²) in [7, 11) is 3.20. The number of H-pyrrole nitrogens is 1. The van der Waals surface area contributed by atoms with Crippen molar-refractivity contribution in [2.24, 2.45) is 0 Å². The number of benzene rings is 4. The molecule has 0 bridgehead atoms. The summed E-state index contributed by atoms with van der Waals surface area (Å²) in [5.74, 6) is -0.722. The molecule has 0 radical (unpaired) electrons. The standard InChI is InChI=1S/C24H20ClFN6.C23H18BrClFN3O.C17H30BN3O4/c1-27-6-7-32-14-18(12-30-32)17-9-16-8-15(2-5-23(16)28-11-17)21-13-29-31-24(21)20-10-19(25)3-4-22(20)26;24-16-10-15-9-14(4-7-21(15)27-12-16)19-13-29(22-3-1-2-8-30-22)28-23(19)18-11-17(25)5-6-20(18)26;1-15(2,3)23-14(22)20(8)9-10-21-12-13(11-19-21)18-24-16(4,5)17(6,7)25-18/h2-5,8-14,27H,6-7H2,1H3,(H,29,31);4-7,9-13,22H,1-3,8H2;11-12H,9-10H2,1-8H3. The van der Waals surface area contributed by atoms with Gasteiger partial charge in [0.2, 0.25) is 0 Å². The molecule has 1 unspecified atom stereocenters. The van der Waals surface area contributed by atoms with Crippen LogP contribution in [0.25, 0.3) is 77.7 Å². The molecule has 23 heteroatoms. The maximum atomic E-state index is 14.8. The Hall–Kier alpha value is -7.37. The van der Waals surface area contributed by atoms with Crippen molar-refractivity contribution in [3.63, 3.8) is 0 Å². The number of aromatic nitrogens is 10. The van der Waals surface area contributed by atoms with Gasteiger partial charge in [-0.25, -0.2) is 18.3 Å². The largest absolute Gasteiger partial charge is 0.498 e. The Morgan fingerprint density at radius 2 is 1.39 bits per heavy atom. The third kappa shape index (κ3) is 15.0. The Labute approximate surface area is 523 Å². The van der Waals surface area contributed by atoms with E-state index in [1.807, 2.05) is 138 Å². The van der Waals surface area contributed by atoms with Crippen molar-refractivity contribution in [3.05, 3.63) is 161 Å². The number of aromatic amines is 1. The van der Waals surface area contributed by atoms with Crippen molar-refractivity contribution < 1.29 is 32.4 Å². The van der Waals surface area contributed by atoms with E-state index in [9.17, 15) is 13.6 Å². The lowest BCUT2D eigenvalue weighted by Crippen LogP contribution is -2.41. The van der Waals surface area contributed by atoms with Crippen LogP contribution in [0.2, 0.25) is 10.0 Å². The fourth-order valence-corrected chi connectivity index (χ4v) is 10.5. The second-order valence-electron chi connectivity index (χ2n) is 23.4. The molecule has 12 rings (SSSR count). The normalized spacial score (nSPS) is 15.5. The average Bonchev–Trinajstić information content (AvgIpc) is 1.86. The first-order valence-electron chi connectivity index (χ1n) is 28.6. The number of ether oxygens (including phenoxy) is 2. The van der Waals surface area contributed by atoms with Gasteiger partial charge in [-0.15, -0.1) is 0 Å². The smallest absolute Gasteiger partial charge is 0.444 e. The summed E-state index contributed by atoms with van der Waals surface area (Å²) >= 11 is 15.8. The number of pyridine rings is 2. The van der Waals surface area contributed by atoms with Crippen LogP contribution in [0.3, 0.4) is 0 Å². The molecule has 10 aromatic rings. The Kier molecular flexibility index (Phi) is 19.1. The van der Waals surface area contributed by atoms with E-state index in [-0.39, 0.29) is 35.2 Å². The zero-order chi connectivity index (χ0) is 61.8. The first kappa shape index (κ1) is 62.7. The molecule has 8 heterocycles. The van der Waals surface area contributed by atoms with Gasteiger partial charge in [-0.2, -0.15) is 20.4 Å². The van der Waals surface area contributed by atoms with Gasteiger partial charge >= 0.3 is 13.2 Å². The first-order chi connectivity index (χ1) is 41.5. The second-order valence-corrected chi connectivity index (χ2v) is 25.2. The van der Waals surface area contributed by atoms with Crippen LogP contribution in [0, 0.1) is 11.6 Å². The van der Waals surface area contributed by atoms with E-state index in [1.165, 1.54) is 18.2 Å². The highest BCUT2D eigenvalue weighted by molar-refractivity contribution is 9.10. The number of likely N-dealkylation sites (N-methyl/N-ethyl adjacent to an activating group) is 2. The SMILES string of the molecule is CN(CCn1cc(B2OC(C)(C)C(C)(C)O2)cn1)C(=O)OC(C)(C)C.CNCCn1cc(-c2cnc3ccc(-c4cn[nH]c4-c4cc(Cl)ccc4F)cc3c2)cn1.Fc1ccc(Cl)cc1-c1nn(C2CCCCO2)cc1-c1ccc2ncc(Br)cc2c1. The first-order valence-corrected chi connectivity index (χ1v) is 30.2. The summed E-state index contributed by atoms with van der Waals surface area (Å²) in [6, 6.07) is 25.1. The van der Waals surface area contributed by atoms with Crippen LogP contribution in [0.4, 0.5) is 13.6 Å². The van der Waals surface area contributed by atoms with Gasteiger partial charge in [0.05, 0.1) is 53.4 Å². The van der Waals surface area contributed by atoms with E-state index in [2.05, 4.69) is 57.7 Å². The summed E-state index contributed by atoms with van der Waals surface area (Å²) in [5, 5.41) is 26.6. The van der Waals surface area contributed by atoms with Gasteiger partial charge in [0.25, 0.3) is 0 Å². The number of nitrogens with one attached hydrogen (secondary N) is 2. The molecule has 1 atom stereocenters. The van der Waals surface area contributed by atoms with Gasteiger partial charge in [-0.3, -0.25) is 24.4 Å². The molecule has 87 heavy (non-hydrogen) atoms. The Bertz CT molecular complexity index is 4050. The van der Waals surface area contributed by atoms with Crippen LogP contribution in [0.1, 0.15) is 74.0 Å². The quantitative estimate of drug-likeness (QED) is 0.105. The number of halogens is 5. The van der Waals surface area contributed by atoms with Crippen LogP contribution in [-0.2, 0) is 31.9 Å². The lowest BCUT2D eigenvalue weighted by atomic mass is 9.82. The number of amides is 1. The van der Waals surface area contributed by atoms with Crippen LogP contribution >= 0.6 is 39.1 Å². The molecule has 1 amide bonds. The predicted octanol–water partition coefficient (Wildman–Crippen LogP) is 14.2. The zero-order valence-corrected chi connectivity index (χ0v) is 53.0. The number of carbonyl (C=O) groups is 1. The molecule has 2 saturated heterocycles. The number of hydrogen-bond acceptors (Lipinski definition) is 12. The molecule has 2 N–H and O–H groups in total. The topological polar surface area (TPSA) is 177 Å². The van der Waals surface area contributed by atoms with Crippen LogP contribution in [0.15, 0.2) is 139 Å². The van der Waals surface area contributed by atoms with Gasteiger partial charge in [-0.1, -0.05) is 35.3 Å². The lowest BCUT2D eigenvalue weighted by molar-refractivity contribution is -0.0393. The molecule has 452 valence electrons. The molecule has 6 aromatic heterocycles. The van der Waals surface area contributed by atoms with E-state index in [0.717, 1.165) is 97.5 Å². The minimum Gasteiger partial charge on any atom is -0.444 e. The molecule has 17 nitrogen and oxygen atoms in total. The minimum absolute atomic E-state index is 0.148. The van der Waals surface area contributed by atoms with Gasteiger partial charge in [0, 0.05) is 128 Å². The third-order valence-corrected chi connectivity index (χ3v) is 16.2. The third-order valence-electron chi connectivity index (χ3n) is 15.3. The molecule has 2 fully saturated rings. The van der Waals surface area contributed by atoms with E-state index in [4.69, 9.17) is 47.1 Å². The number of fused-ring (bicyclic) bond motifs is 2. The second kappa shape index (κ2) is 26.5. The Morgan fingerprint density at radius 1 is 0.759 bits per heavy atom. The lowest BCUT2D eigenvalue weighted by Gasteiger charge is -2.32. The zero-order valence-electron chi connectivity index (χ0n) is 49.9. The Morgan fingerprint density at radius 3 is 2.07 bits per heavy atom. The predicted molar refractivity (Wildman–Crippen MR) is 342 cm³/mol. The minimum atomic E-state index is -0.499. The van der Waals surface area contributed by atoms with Gasteiger partial charge < -0.3 is 29.0 Å². The molecular formula is C64H68BBrCl2F2N12O5. The summed E-state index contributed by atoms with van der Waals surface area (Å²) in [4.78, 5) is 22.6. The summed E-state index contributed by atoms with van der Waals surface area (Å²) in [6.45, 7) is 17.0. The van der Waals surface area contributed by atoms with Gasteiger partial charge in [0.1, 0.15) is 29.2 Å². The van der Waals surface area contributed by atoms with Crippen molar-refractivity contribution >= 4 is 79.6 Å². The molecular weight excluding hydrogens is 1220 g/mol. The summed E-state index contributed by atoms with van der Waals surface area (Å²) in [5.41, 5.74) is 8.71. The fraction of sp³-hybridized carbons (Fsp3) is 0.328. The van der Waals surface area contributed by atoms with Gasteiger partial charge in [-0.05, 0) is 175 Å². The van der Waals surface area contributed by atoms with Crippen molar-refractivity contribution in [3.8, 4) is 55.9 Å². The van der Waals surface area contributed by atoms with E-state index in [0.29, 0.717) is 52.3 Å². The van der Waals surface area contributed by atoms with E-state index < -0.39 is 12.7 Å². The molecule has 0 aliphatic carbocycles. The maximum absolute atomic E-state index is 14.8. The van der Waals surface area contributed by atoms with Crippen LogP contribution in [-0.4, -0.2) is 118 Å².